The molecule has 0 radical (unpaired) electrons. The largest absolute Gasteiger partial charge is 0.497 e. The fourth-order valence-corrected chi connectivity index (χ4v) is 3.20. The number of furan rings is 1. The number of benzene rings is 2. The second kappa shape index (κ2) is 8.98. The third-order valence-electron chi connectivity index (χ3n) is 4.67. The second-order valence-corrected chi connectivity index (χ2v) is 7.24. The molecule has 1 heterocycles. The molecule has 0 spiro atoms. The number of esters is 1. The first-order valence-electron chi connectivity index (χ1n) is 9.61. The van der Waals surface area contributed by atoms with E-state index in [-0.39, 0.29) is 18.3 Å². The number of ether oxygens (including phenoxy) is 2. The highest BCUT2D eigenvalue weighted by Gasteiger charge is 2.24. The lowest BCUT2D eigenvalue weighted by molar-refractivity contribution is -0.147. The van der Waals surface area contributed by atoms with Crippen LogP contribution in [-0.2, 0) is 9.53 Å². The van der Waals surface area contributed by atoms with Gasteiger partial charge in [-0.2, -0.15) is 0 Å². The van der Waals surface area contributed by atoms with E-state index >= 15 is 0 Å². The van der Waals surface area contributed by atoms with Gasteiger partial charge in [-0.25, -0.2) is 4.39 Å². The molecule has 0 bridgehead atoms. The summed E-state index contributed by atoms with van der Waals surface area (Å²) in [6.45, 7) is 5.21. The van der Waals surface area contributed by atoms with Crippen molar-refractivity contribution in [1.29, 1.82) is 0 Å². The van der Waals surface area contributed by atoms with Crippen molar-refractivity contribution in [3.05, 3.63) is 65.2 Å². The summed E-state index contributed by atoms with van der Waals surface area (Å²) in [5.41, 5.74) is 1.66. The molecular weight excluding hydrogens is 389 g/mol. The van der Waals surface area contributed by atoms with E-state index in [4.69, 9.17) is 13.9 Å². The first kappa shape index (κ1) is 21.4. The lowest BCUT2D eigenvalue weighted by Gasteiger charge is -2.19. The maximum Gasteiger partial charge on any atom is 0.308 e. The topological polar surface area (TPSA) is 77.8 Å². The Balaban J connectivity index is 1.88. The number of hydrogen-bond donors (Lipinski definition) is 1. The standard InChI is InChI=1S/C23H24FNO5/c1-13(2)29-21(26)12-19(15-5-8-17(28-4)9-6-15)25-23(27)22-14(3)18-11-16(24)7-10-20(18)30-22/h5-11,13,19H,12H2,1-4H3,(H,25,27). The quantitative estimate of drug-likeness (QED) is 0.568. The van der Waals surface area contributed by atoms with Crippen LogP contribution in [0.25, 0.3) is 11.0 Å². The van der Waals surface area contributed by atoms with Crippen LogP contribution in [0.1, 0.15) is 48.0 Å². The Morgan fingerprint density at radius 2 is 1.83 bits per heavy atom. The molecule has 0 fully saturated rings. The van der Waals surface area contributed by atoms with Gasteiger partial charge in [0, 0.05) is 10.9 Å². The van der Waals surface area contributed by atoms with Gasteiger partial charge in [0.15, 0.2) is 5.76 Å². The first-order chi connectivity index (χ1) is 14.3. The van der Waals surface area contributed by atoms with Crippen molar-refractivity contribution in [1.82, 2.24) is 5.32 Å². The van der Waals surface area contributed by atoms with E-state index in [1.165, 1.54) is 18.2 Å². The van der Waals surface area contributed by atoms with Crippen molar-refractivity contribution in [3.63, 3.8) is 0 Å². The average molecular weight is 413 g/mol. The lowest BCUT2D eigenvalue weighted by atomic mass is 10.0. The minimum absolute atomic E-state index is 0.0514. The first-order valence-corrected chi connectivity index (χ1v) is 9.61. The van der Waals surface area contributed by atoms with E-state index in [9.17, 15) is 14.0 Å². The van der Waals surface area contributed by atoms with Crippen LogP contribution in [0.3, 0.4) is 0 Å². The van der Waals surface area contributed by atoms with Crippen LogP contribution in [0, 0.1) is 12.7 Å². The fraction of sp³-hybridized carbons (Fsp3) is 0.304. The van der Waals surface area contributed by atoms with Crippen molar-refractivity contribution in [2.24, 2.45) is 0 Å². The third kappa shape index (κ3) is 4.79. The van der Waals surface area contributed by atoms with Gasteiger partial charge in [-0.15, -0.1) is 0 Å². The summed E-state index contributed by atoms with van der Waals surface area (Å²) < 4.78 is 29.6. The molecule has 0 aliphatic rings. The molecule has 158 valence electrons. The monoisotopic (exact) mass is 413 g/mol. The number of hydrogen-bond acceptors (Lipinski definition) is 5. The summed E-state index contributed by atoms with van der Waals surface area (Å²) in [5.74, 6) is -0.613. The van der Waals surface area contributed by atoms with Gasteiger partial charge in [0.2, 0.25) is 0 Å². The number of nitrogens with one attached hydrogen (secondary N) is 1. The Hall–Kier alpha value is -3.35. The number of carbonyl (C=O) groups is 2. The SMILES string of the molecule is COc1ccc(C(CC(=O)OC(C)C)NC(=O)c2oc3ccc(F)cc3c2C)cc1. The van der Waals surface area contributed by atoms with E-state index in [0.29, 0.717) is 27.8 Å². The Morgan fingerprint density at radius 3 is 2.47 bits per heavy atom. The van der Waals surface area contributed by atoms with Gasteiger partial charge in [-0.1, -0.05) is 12.1 Å². The molecule has 7 heteroatoms. The molecule has 1 atom stereocenters. The predicted molar refractivity (Wildman–Crippen MR) is 110 cm³/mol. The molecule has 3 rings (SSSR count). The van der Waals surface area contributed by atoms with Crippen molar-refractivity contribution >= 4 is 22.8 Å². The molecule has 2 aromatic carbocycles. The van der Waals surface area contributed by atoms with Crippen LogP contribution in [0.5, 0.6) is 5.75 Å². The molecule has 6 nitrogen and oxygen atoms in total. The minimum atomic E-state index is -0.640. The van der Waals surface area contributed by atoms with Crippen molar-refractivity contribution in [3.8, 4) is 5.75 Å². The number of methoxy groups -OCH3 is 1. The summed E-state index contributed by atoms with van der Waals surface area (Å²) in [6, 6.07) is 10.5. The molecular formula is C23H24FNO5. The van der Waals surface area contributed by atoms with Crippen LogP contribution in [0.4, 0.5) is 4.39 Å². The Bertz CT molecular complexity index is 1060. The number of halogens is 1. The molecule has 1 amide bonds. The van der Waals surface area contributed by atoms with Crippen LogP contribution >= 0.6 is 0 Å². The summed E-state index contributed by atoms with van der Waals surface area (Å²) in [7, 11) is 1.56. The molecule has 0 aliphatic carbocycles. The lowest BCUT2D eigenvalue weighted by Crippen LogP contribution is -2.31. The molecule has 0 aliphatic heterocycles. The molecule has 30 heavy (non-hydrogen) atoms. The van der Waals surface area contributed by atoms with Gasteiger partial charge >= 0.3 is 5.97 Å². The van der Waals surface area contributed by atoms with Gasteiger partial charge < -0.3 is 19.2 Å². The Morgan fingerprint density at radius 1 is 1.13 bits per heavy atom. The Labute approximate surface area is 174 Å². The maximum absolute atomic E-state index is 13.6. The fourth-order valence-electron chi connectivity index (χ4n) is 3.20. The maximum atomic E-state index is 13.6. The van der Waals surface area contributed by atoms with Gasteiger partial charge in [0.25, 0.3) is 5.91 Å². The van der Waals surface area contributed by atoms with Gasteiger partial charge in [-0.3, -0.25) is 9.59 Å². The van der Waals surface area contributed by atoms with Crippen LogP contribution in [-0.4, -0.2) is 25.1 Å². The summed E-state index contributed by atoms with van der Waals surface area (Å²) in [6.07, 6.45) is -0.318. The smallest absolute Gasteiger partial charge is 0.308 e. The zero-order chi connectivity index (χ0) is 21.8. The number of amides is 1. The zero-order valence-corrected chi connectivity index (χ0v) is 17.3. The van der Waals surface area contributed by atoms with Gasteiger partial charge in [0.05, 0.1) is 25.7 Å². The van der Waals surface area contributed by atoms with E-state index in [1.54, 1.807) is 52.1 Å². The van der Waals surface area contributed by atoms with E-state index in [0.717, 1.165) is 0 Å². The molecule has 3 aromatic rings. The molecule has 1 unspecified atom stereocenters. The normalized spacial score (nSPS) is 12.1. The number of aryl methyl sites for hydroxylation is 1. The van der Waals surface area contributed by atoms with Crippen LogP contribution in [0.2, 0.25) is 0 Å². The number of carbonyl (C=O) groups excluding carboxylic acids is 2. The highest BCUT2D eigenvalue weighted by molar-refractivity contribution is 5.99. The Kier molecular flexibility index (Phi) is 6.40. The average Bonchev–Trinajstić information content (AvgIpc) is 3.03. The predicted octanol–water partition coefficient (Wildman–Crippen LogP) is 4.70. The molecule has 1 aromatic heterocycles. The number of rotatable bonds is 7. The zero-order valence-electron chi connectivity index (χ0n) is 17.3. The second-order valence-electron chi connectivity index (χ2n) is 7.24. The number of fused-ring (bicyclic) bond motifs is 1. The highest BCUT2D eigenvalue weighted by Crippen LogP contribution is 2.27. The minimum Gasteiger partial charge on any atom is -0.497 e. The molecule has 0 saturated carbocycles. The van der Waals surface area contributed by atoms with E-state index < -0.39 is 23.7 Å². The molecule has 0 saturated heterocycles. The van der Waals surface area contributed by atoms with Gasteiger partial charge in [-0.05, 0) is 56.7 Å². The van der Waals surface area contributed by atoms with E-state index in [2.05, 4.69) is 5.32 Å². The van der Waals surface area contributed by atoms with Crippen molar-refractivity contribution < 1.29 is 27.9 Å². The summed E-state index contributed by atoms with van der Waals surface area (Å²) >= 11 is 0. The summed E-state index contributed by atoms with van der Waals surface area (Å²) in [4.78, 5) is 25.2. The van der Waals surface area contributed by atoms with Crippen molar-refractivity contribution in [2.45, 2.75) is 39.3 Å². The highest BCUT2D eigenvalue weighted by atomic mass is 19.1. The van der Waals surface area contributed by atoms with E-state index in [1.807, 2.05) is 0 Å². The van der Waals surface area contributed by atoms with Crippen LogP contribution in [0.15, 0.2) is 46.9 Å². The van der Waals surface area contributed by atoms with Gasteiger partial charge in [0.1, 0.15) is 17.1 Å². The summed E-state index contributed by atoms with van der Waals surface area (Å²) in [5, 5.41) is 3.37. The van der Waals surface area contributed by atoms with Crippen LogP contribution < -0.4 is 10.1 Å². The van der Waals surface area contributed by atoms with Crippen molar-refractivity contribution in [2.75, 3.05) is 7.11 Å². The third-order valence-corrected chi connectivity index (χ3v) is 4.67. The molecule has 1 N–H and O–H groups in total.